The normalized spacial score (nSPS) is 33.6. The maximum Gasteiger partial charge on any atom is 0.407 e. The van der Waals surface area contributed by atoms with Gasteiger partial charge in [-0.15, -0.1) is 0 Å². The topological polar surface area (TPSA) is 50.4 Å². The van der Waals surface area contributed by atoms with Gasteiger partial charge in [0, 0.05) is 12.6 Å². The molecule has 92 valence electrons. The lowest BCUT2D eigenvalue weighted by molar-refractivity contribution is 0.0276. The first-order valence-corrected chi connectivity index (χ1v) is 6.16. The van der Waals surface area contributed by atoms with Crippen molar-refractivity contribution in [3.63, 3.8) is 0 Å². The predicted octanol–water partition coefficient (Wildman–Crippen LogP) is 1.51. The highest BCUT2D eigenvalue weighted by Gasteiger charge is 2.43. The second-order valence-electron chi connectivity index (χ2n) is 5.91. The molecule has 3 atom stereocenters. The summed E-state index contributed by atoms with van der Waals surface area (Å²) < 4.78 is 5.25. The molecule has 0 radical (unpaired) electrons. The molecule has 2 aliphatic rings. The fourth-order valence-corrected chi connectivity index (χ4v) is 2.63. The summed E-state index contributed by atoms with van der Waals surface area (Å²) in [6.45, 7) is 7.82. The molecule has 0 aromatic rings. The number of nitrogens with one attached hydrogen (secondary N) is 2. The lowest BCUT2D eigenvalue weighted by Gasteiger charge is -2.48. The zero-order valence-electron chi connectivity index (χ0n) is 10.4. The van der Waals surface area contributed by atoms with Crippen molar-refractivity contribution >= 4 is 6.09 Å². The smallest absolute Gasteiger partial charge is 0.407 e. The van der Waals surface area contributed by atoms with Gasteiger partial charge >= 0.3 is 6.09 Å². The Labute approximate surface area is 97.1 Å². The van der Waals surface area contributed by atoms with E-state index in [-0.39, 0.29) is 6.09 Å². The van der Waals surface area contributed by atoms with Crippen molar-refractivity contribution < 1.29 is 9.53 Å². The van der Waals surface area contributed by atoms with Crippen LogP contribution in [0.15, 0.2) is 0 Å². The van der Waals surface area contributed by atoms with Crippen molar-refractivity contribution in [2.45, 2.75) is 45.3 Å². The number of rotatable bonds is 1. The first-order valence-electron chi connectivity index (χ1n) is 6.16. The van der Waals surface area contributed by atoms with Crippen LogP contribution in [-0.4, -0.2) is 30.8 Å². The molecular formula is C12H22N2O2. The molecule has 1 aliphatic heterocycles. The summed E-state index contributed by atoms with van der Waals surface area (Å²) in [6.07, 6.45) is 2.09. The predicted molar refractivity (Wildman–Crippen MR) is 62.2 cm³/mol. The van der Waals surface area contributed by atoms with Crippen LogP contribution in [0.1, 0.15) is 33.6 Å². The van der Waals surface area contributed by atoms with Gasteiger partial charge in [0.15, 0.2) is 0 Å². The van der Waals surface area contributed by atoms with E-state index in [2.05, 4.69) is 10.6 Å². The minimum atomic E-state index is -0.405. The maximum absolute atomic E-state index is 11.6. The molecular weight excluding hydrogens is 204 g/mol. The van der Waals surface area contributed by atoms with Gasteiger partial charge in [0.25, 0.3) is 0 Å². The number of carbonyl (C=O) groups is 1. The van der Waals surface area contributed by atoms with Crippen molar-refractivity contribution in [3.05, 3.63) is 0 Å². The van der Waals surface area contributed by atoms with Crippen LogP contribution in [0.5, 0.6) is 0 Å². The van der Waals surface area contributed by atoms with Crippen molar-refractivity contribution in [1.82, 2.24) is 10.6 Å². The van der Waals surface area contributed by atoms with Gasteiger partial charge in [0.1, 0.15) is 5.60 Å². The fraction of sp³-hybridized carbons (Fsp3) is 0.917. The van der Waals surface area contributed by atoms with Gasteiger partial charge in [-0.1, -0.05) is 0 Å². The number of amides is 1. The Morgan fingerprint density at radius 2 is 2.19 bits per heavy atom. The van der Waals surface area contributed by atoms with E-state index in [4.69, 9.17) is 4.74 Å². The van der Waals surface area contributed by atoms with Crippen LogP contribution >= 0.6 is 0 Å². The highest BCUT2D eigenvalue weighted by Crippen LogP contribution is 2.38. The van der Waals surface area contributed by atoms with E-state index < -0.39 is 5.60 Å². The highest BCUT2D eigenvalue weighted by atomic mass is 16.6. The van der Waals surface area contributed by atoms with Crippen molar-refractivity contribution in [1.29, 1.82) is 0 Å². The minimum absolute atomic E-state index is 0.276. The number of fused-ring (bicyclic) bond motifs is 1. The lowest BCUT2D eigenvalue weighted by Crippen LogP contribution is -2.59. The molecule has 4 nitrogen and oxygen atoms in total. The molecule has 0 aromatic heterocycles. The monoisotopic (exact) mass is 226 g/mol. The quantitative estimate of drug-likeness (QED) is 0.712. The van der Waals surface area contributed by atoms with E-state index in [1.54, 1.807) is 0 Å². The molecule has 1 aliphatic carbocycles. The molecule has 2 N–H and O–H groups in total. The van der Waals surface area contributed by atoms with Gasteiger partial charge in [0.05, 0.1) is 0 Å². The van der Waals surface area contributed by atoms with Gasteiger partial charge in [-0.3, -0.25) is 0 Å². The van der Waals surface area contributed by atoms with Gasteiger partial charge in [-0.05, 0) is 52.0 Å². The van der Waals surface area contributed by atoms with E-state index in [0.717, 1.165) is 25.4 Å². The van der Waals surface area contributed by atoms with E-state index in [1.807, 2.05) is 20.8 Å². The van der Waals surface area contributed by atoms with Gasteiger partial charge < -0.3 is 15.4 Å². The molecule has 16 heavy (non-hydrogen) atoms. The third-order valence-corrected chi connectivity index (χ3v) is 3.45. The van der Waals surface area contributed by atoms with Crippen LogP contribution in [0, 0.1) is 11.8 Å². The van der Waals surface area contributed by atoms with Crippen LogP contribution < -0.4 is 10.6 Å². The second kappa shape index (κ2) is 4.24. The van der Waals surface area contributed by atoms with Crippen LogP contribution in [0.2, 0.25) is 0 Å². The Balaban J connectivity index is 1.76. The summed E-state index contributed by atoms with van der Waals surface area (Å²) in [6, 6.07) is 0.313. The van der Waals surface area contributed by atoms with Gasteiger partial charge in [-0.25, -0.2) is 4.79 Å². The van der Waals surface area contributed by atoms with Gasteiger partial charge in [0.2, 0.25) is 0 Å². The summed E-state index contributed by atoms with van der Waals surface area (Å²) in [4.78, 5) is 11.6. The number of carbonyl (C=O) groups excluding carboxylic acids is 1. The van der Waals surface area contributed by atoms with Crippen molar-refractivity contribution in [3.8, 4) is 0 Å². The molecule has 2 fully saturated rings. The Morgan fingerprint density at radius 3 is 2.81 bits per heavy atom. The largest absolute Gasteiger partial charge is 0.444 e. The summed E-state index contributed by atoms with van der Waals surface area (Å²) in [5.74, 6) is 1.42. The van der Waals surface area contributed by atoms with E-state index in [9.17, 15) is 4.79 Å². The second-order valence-corrected chi connectivity index (χ2v) is 5.91. The highest BCUT2D eigenvalue weighted by molar-refractivity contribution is 5.68. The van der Waals surface area contributed by atoms with Crippen molar-refractivity contribution in [2.75, 3.05) is 13.1 Å². The van der Waals surface area contributed by atoms with E-state index in [1.165, 1.54) is 6.42 Å². The summed E-state index contributed by atoms with van der Waals surface area (Å²) in [5, 5.41) is 6.35. The Kier molecular flexibility index (Phi) is 3.10. The van der Waals surface area contributed by atoms with Crippen LogP contribution in [0.25, 0.3) is 0 Å². The molecule has 1 saturated carbocycles. The molecule has 0 bridgehead atoms. The molecule has 1 amide bonds. The molecule has 4 heteroatoms. The molecule has 0 unspecified atom stereocenters. The van der Waals surface area contributed by atoms with Crippen molar-refractivity contribution in [2.24, 2.45) is 11.8 Å². The lowest BCUT2D eigenvalue weighted by atomic mass is 9.66. The third kappa shape index (κ3) is 2.67. The SMILES string of the molecule is CC(C)(C)OC(=O)N[C@H]1C[C@H]2CCNC[C@@H]21. The first-order chi connectivity index (χ1) is 7.46. The summed E-state index contributed by atoms with van der Waals surface area (Å²) >= 11 is 0. The maximum atomic E-state index is 11.6. The zero-order valence-corrected chi connectivity index (χ0v) is 10.4. The third-order valence-electron chi connectivity index (χ3n) is 3.45. The zero-order chi connectivity index (χ0) is 11.8. The summed E-state index contributed by atoms with van der Waals surface area (Å²) in [5.41, 5.74) is -0.405. The standard InChI is InChI=1S/C12H22N2O2/c1-12(2,3)16-11(15)14-10-6-8-4-5-13-7-9(8)10/h8-10,13H,4-7H2,1-3H3,(H,14,15)/t8-,9+,10+/m1/s1. The van der Waals surface area contributed by atoms with Gasteiger partial charge in [-0.2, -0.15) is 0 Å². The molecule has 1 heterocycles. The Bertz CT molecular complexity index is 273. The number of hydrogen-bond acceptors (Lipinski definition) is 3. The Hall–Kier alpha value is -0.770. The minimum Gasteiger partial charge on any atom is -0.444 e. The number of alkyl carbamates (subject to hydrolysis) is 1. The molecule has 1 saturated heterocycles. The summed E-state index contributed by atoms with van der Waals surface area (Å²) in [7, 11) is 0. The van der Waals surface area contributed by atoms with Crippen LogP contribution in [0.4, 0.5) is 4.79 Å². The molecule has 0 aromatic carbocycles. The first kappa shape index (κ1) is 11.7. The van der Waals surface area contributed by atoms with E-state index in [0.29, 0.717) is 12.0 Å². The molecule has 2 rings (SSSR count). The average molecular weight is 226 g/mol. The van der Waals surface area contributed by atoms with Crippen LogP contribution in [0.3, 0.4) is 0 Å². The van der Waals surface area contributed by atoms with E-state index >= 15 is 0 Å². The Morgan fingerprint density at radius 1 is 1.44 bits per heavy atom. The average Bonchev–Trinajstić information content (AvgIpc) is 2.11. The molecule has 0 spiro atoms. The van der Waals surface area contributed by atoms with Crippen LogP contribution in [-0.2, 0) is 4.74 Å². The number of hydrogen-bond donors (Lipinski definition) is 2. The fourth-order valence-electron chi connectivity index (χ4n) is 2.63. The number of piperidine rings is 1. The number of ether oxygens (including phenoxy) is 1.